The number of hydrogen-bond donors (Lipinski definition) is 1. The number of benzene rings is 1. The predicted molar refractivity (Wildman–Crippen MR) is 78.1 cm³/mol. The maximum Gasteiger partial charge on any atom is 0.115 e. The van der Waals surface area contributed by atoms with E-state index in [0.29, 0.717) is 0 Å². The first kappa shape index (κ1) is 13.4. The summed E-state index contributed by atoms with van der Waals surface area (Å²) < 4.78 is 0. The van der Waals surface area contributed by atoms with Crippen LogP contribution in [0.15, 0.2) is 53.7 Å². The van der Waals surface area contributed by atoms with Crippen molar-refractivity contribution in [2.75, 3.05) is 12.3 Å². The van der Waals surface area contributed by atoms with E-state index >= 15 is 0 Å². The third-order valence-corrected chi connectivity index (χ3v) is 3.84. The Morgan fingerprint density at radius 3 is 2.72 bits per heavy atom. The van der Waals surface area contributed by atoms with Gasteiger partial charge in [0.15, 0.2) is 0 Å². The van der Waals surface area contributed by atoms with E-state index in [4.69, 9.17) is 11.6 Å². The van der Waals surface area contributed by atoms with Crippen LogP contribution in [0.25, 0.3) is 0 Å². The fraction of sp³-hybridized carbons (Fsp3) is 0.214. The molecule has 0 fully saturated rings. The molecule has 2 nitrogen and oxygen atoms in total. The second-order valence-electron chi connectivity index (χ2n) is 3.80. The van der Waals surface area contributed by atoms with E-state index in [1.807, 2.05) is 18.2 Å². The van der Waals surface area contributed by atoms with Crippen molar-refractivity contribution in [2.45, 2.75) is 11.6 Å². The molecule has 1 aromatic heterocycles. The van der Waals surface area contributed by atoms with Crippen molar-refractivity contribution in [3.8, 4) is 0 Å². The minimum Gasteiger partial charge on any atom is -0.312 e. The van der Waals surface area contributed by atoms with E-state index in [-0.39, 0.29) is 0 Å². The van der Waals surface area contributed by atoms with Gasteiger partial charge >= 0.3 is 0 Å². The van der Waals surface area contributed by atoms with Crippen LogP contribution < -0.4 is 5.32 Å². The lowest BCUT2D eigenvalue weighted by Gasteiger charge is -2.05. The Bertz CT molecular complexity index is 476. The topological polar surface area (TPSA) is 24.9 Å². The Hall–Kier alpha value is -1.03. The molecule has 0 aliphatic heterocycles. The summed E-state index contributed by atoms with van der Waals surface area (Å²) in [7, 11) is 0. The van der Waals surface area contributed by atoms with Gasteiger partial charge in [-0.25, -0.2) is 4.98 Å². The van der Waals surface area contributed by atoms with Gasteiger partial charge in [0, 0.05) is 25.0 Å². The number of halogens is 1. The van der Waals surface area contributed by atoms with Crippen molar-refractivity contribution >= 4 is 23.4 Å². The van der Waals surface area contributed by atoms with Gasteiger partial charge in [-0.1, -0.05) is 41.9 Å². The number of nitrogens with one attached hydrogen (secondary N) is 1. The zero-order valence-corrected chi connectivity index (χ0v) is 11.5. The van der Waals surface area contributed by atoms with Gasteiger partial charge in [-0.3, -0.25) is 0 Å². The number of thioether (sulfide) groups is 1. The number of aromatic nitrogens is 1. The Labute approximate surface area is 117 Å². The molecule has 0 aliphatic carbocycles. The van der Waals surface area contributed by atoms with Gasteiger partial charge in [-0.05, 0) is 17.7 Å². The molecule has 2 aromatic rings. The second kappa shape index (κ2) is 7.41. The third kappa shape index (κ3) is 4.33. The lowest BCUT2D eigenvalue weighted by atomic mass is 10.2. The van der Waals surface area contributed by atoms with Crippen molar-refractivity contribution in [1.82, 2.24) is 10.3 Å². The van der Waals surface area contributed by atoms with E-state index in [2.05, 4.69) is 34.6 Å². The molecule has 4 heteroatoms. The fourth-order valence-electron chi connectivity index (χ4n) is 1.53. The van der Waals surface area contributed by atoms with Crippen LogP contribution in [0.5, 0.6) is 0 Å². The molecule has 1 heterocycles. The molecule has 0 radical (unpaired) electrons. The van der Waals surface area contributed by atoms with Crippen LogP contribution in [0.3, 0.4) is 0 Å². The molecule has 0 bridgehead atoms. The molecule has 0 unspecified atom stereocenters. The number of pyridine rings is 1. The first-order valence-electron chi connectivity index (χ1n) is 5.84. The van der Waals surface area contributed by atoms with Crippen LogP contribution >= 0.6 is 23.4 Å². The summed E-state index contributed by atoms with van der Waals surface area (Å²) in [6.45, 7) is 1.84. The van der Waals surface area contributed by atoms with Gasteiger partial charge in [-0.15, -0.1) is 11.8 Å². The van der Waals surface area contributed by atoms with E-state index in [1.54, 1.807) is 18.0 Å². The Morgan fingerprint density at radius 2 is 1.94 bits per heavy atom. The average Bonchev–Trinajstić information content (AvgIpc) is 2.42. The van der Waals surface area contributed by atoms with Crippen molar-refractivity contribution in [2.24, 2.45) is 0 Å². The second-order valence-corrected chi connectivity index (χ2v) is 5.29. The maximum atomic E-state index is 6.03. The summed E-state index contributed by atoms with van der Waals surface area (Å²) in [5.41, 5.74) is 1.30. The van der Waals surface area contributed by atoms with Gasteiger partial charge in [0.1, 0.15) is 5.03 Å². The predicted octanol–water partition coefficient (Wildman–Crippen LogP) is 3.62. The molecule has 94 valence electrons. The number of hydrogen-bond acceptors (Lipinski definition) is 3. The van der Waals surface area contributed by atoms with Crippen LogP contribution in [0.4, 0.5) is 0 Å². The quantitative estimate of drug-likeness (QED) is 0.645. The molecule has 0 saturated heterocycles. The highest BCUT2D eigenvalue weighted by Gasteiger charge is 2.00. The van der Waals surface area contributed by atoms with E-state index in [1.165, 1.54) is 5.56 Å². The number of nitrogens with zero attached hydrogens (tertiary/aromatic N) is 1. The van der Waals surface area contributed by atoms with E-state index in [0.717, 1.165) is 28.9 Å². The summed E-state index contributed by atoms with van der Waals surface area (Å²) in [5, 5.41) is 5.03. The normalized spacial score (nSPS) is 10.5. The van der Waals surface area contributed by atoms with Gasteiger partial charge in [0.25, 0.3) is 0 Å². The minimum atomic E-state index is 0.727. The molecule has 0 saturated carbocycles. The Kier molecular flexibility index (Phi) is 5.52. The highest BCUT2D eigenvalue weighted by molar-refractivity contribution is 7.99. The maximum absolute atomic E-state index is 6.03. The summed E-state index contributed by atoms with van der Waals surface area (Å²) in [6.07, 6.45) is 1.77. The summed E-state index contributed by atoms with van der Waals surface area (Å²) in [4.78, 5) is 4.24. The van der Waals surface area contributed by atoms with Crippen molar-refractivity contribution in [3.05, 3.63) is 59.2 Å². The first-order valence-corrected chi connectivity index (χ1v) is 7.20. The zero-order valence-electron chi connectivity index (χ0n) is 9.97. The van der Waals surface area contributed by atoms with Crippen LogP contribution in [0, 0.1) is 0 Å². The number of rotatable bonds is 6. The van der Waals surface area contributed by atoms with Crippen molar-refractivity contribution in [1.29, 1.82) is 0 Å². The van der Waals surface area contributed by atoms with Crippen molar-refractivity contribution < 1.29 is 0 Å². The monoisotopic (exact) mass is 278 g/mol. The molecule has 0 atom stereocenters. The Morgan fingerprint density at radius 1 is 1.11 bits per heavy atom. The highest BCUT2D eigenvalue weighted by Crippen LogP contribution is 2.23. The molecule has 18 heavy (non-hydrogen) atoms. The van der Waals surface area contributed by atoms with E-state index in [9.17, 15) is 0 Å². The van der Waals surface area contributed by atoms with Crippen LogP contribution in [-0.4, -0.2) is 17.3 Å². The van der Waals surface area contributed by atoms with Crippen LogP contribution in [0.1, 0.15) is 5.56 Å². The zero-order chi connectivity index (χ0) is 12.6. The molecule has 0 amide bonds. The summed E-state index contributed by atoms with van der Waals surface area (Å²) in [6, 6.07) is 14.1. The Balaban J connectivity index is 1.66. The summed E-state index contributed by atoms with van der Waals surface area (Å²) >= 11 is 7.71. The molecule has 1 aromatic carbocycles. The fourth-order valence-corrected chi connectivity index (χ4v) is 2.59. The van der Waals surface area contributed by atoms with Crippen molar-refractivity contribution in [3.63, 3.8) is 0 Å². The smallest absolute Gasteiger partial charge is 0.115 e. The van der Waals surface area contributed by atoms with E-state index < -0.39 is 0 Å². The van der Waals surface area contributed by atoms with Gasteiger partial charge in [0.2, 0.25) is 0 Å². The lowest BCUT2D eigenvalue weighted by molar-refractivity contribution is 0.732. The molecule has 2 rings (SSSR count). The standard InChI is InChI=1S/C14H15ClN2S/c15-13-7-4-8-17-14(13)18-10-9-16-11-12-5-2-1-3-6-12/h1-8,16H,9-11H2. The molecule has 0 aliphatic rings. The van der Waals surface area contributed by atoms with Gasteiger partial charge in [-0.2, -0.15) is 0 Å². The van der Waals surface area contributed by atoms with Gasteiger partial charge in [0.05, 0.1) is 5.02 Å². The molecular weight excluding hydrogens is 264 g/mol. The third-order valence-electron chi connectivity index (χ3n) is 2.41. The first-order chi connectivity index (χ1) is 8.86. The molecule has 1 N–H and O–H groups in total. The minimum absolute atomic E-state index is 0.727. The van der Waals surface area contributed by atoms with Crippen LogP contribution in [0.2, 0.25) is 5.02 Å². The molecular formula is C14H15ClN2S. The lowest BCUT2D eigenvalue weighted by Crippen LogP contribution is -2.16. The highest BCUT2D eigenvalue weighted by atomic mass is 35.5. The molecule has 0 spiro atoms. The SMILES string of the molecule is Clc1cccnc1SCCNCc1ccccc1. The van der Waals surface area contributed by atoms with Crippen LogP contribution in [-0.2, 0) is 6.54 Å². The average molecular weight is 279 g/mol. The van der Waals surface area contributed by atoms with Gasteiger partial charge < -0.3 is 5.32 Å². The summed E-state index contributed by atoms with van der Waals surface area (Å²) in [5.74, 6) is 0.962. The largest absolute Gasteiger partial charge is 0.312 e.